The number of rotatable bonds is 3. The van der Waals surface area contributed by atoms with E-state index in [1.165, 1.54) is 0 Å². The average molecular weight is 339 g/mol. The van der Waals surface area contributed by atoms with E-state index in [1.54, 1.807) is 29.5 Å². The maximum Gasteiger partial charge on any atom is 0.335 e. The van der Waals surface area contributed by atoms with Gasteiger partial charge in [0.1, 0.15) is 5.01 Å². The van der Waals surface area contributed by atoms with E-state index >= 15 is 0 Å². The number of aromatic carboxylic acids is 1. The summed E-state index contributed by atoms with van der Waals surface area (Å²) in [5.74, 6) is -0.369. The Balaban J connectivity index is 1.82. The van der Waals surface area contributed by atoms with Crippen molar-refractivity contribution in [2.24, 2.45) is 11.3 Å². The number of hydrogen-bond acceptors (Lipinski definition) is 3. The van der Waals surface area contributed by atoms with E-state index in [0.717, 1.165) is 28.3 Å². The maximum atomic E-state index is 11.1. The smallest absolute Gasteiger partial charge is 0.335 e. The SMILES string of the molecule is CC(C)(C)C1C=CC(c2csc(-c3cccc(C(=O)O)c3)n2)=CC1. The Morgan fingerprint density at radius 2 is 2.12 bits per heavy atom. The van der Waals surface area contributed by atoms with Crippen LogP contribution in [0.4, 0.5) is 0 Å². The van der Waals surface area contributed by atoms with E-state index in [1.807, 2.05) is 11.4 Å². The van der Waals surface area contributed by atoms with Gasteiger partial charge in [-0.2, -0.15) is 0 Å². The van der Waals surface area contributed by atoms with Gasteiger partial charge in [0.2, 0.25) is 0 Å². The number of hydrogen-bond donors (Lipinski definition) is 1. The van der Waals surface area contributed by atoms with Crippen LogP contribution in [0.5, 0.6) is 0 Å². The lowest BCUT2D eigenvalue weighted by Gasteiger charge is -2.29. The molecule has 1 atom stereocenters. The van der Waals surface area contributed by atoms with Gasteiger partial charge in [0.15, 0.2) is 0 Å². The highest BCUT2D eigenvalue weighted by Crippen LogP contribution is 2.36. The molecule has 0 spiro atoms. The molecule has 0 bridgehead atoms. The molecule has 1 N–H and O–H groups in total. The van der Waals surface area contributed by atoms with Gasteiger partial charge in [-0.15, -0.1) is 11.3 Å². The van der Waals surface area contributed by atoms with Gasteiger partial charge in [-0.05, 0) is 35.5 Å². The van der Waals surface area contributed by atoms with Crippen LogP contribution in [-0.4, -0.2) is 16.1 Å². The molecular weight excluding hydrogens is 318 g/mol. The molecule has 2 aromatic rings. The quantitative estimate of drug-likeness (QED) is 0.801. The summed E-state index contributed by atoms with van der Waals surface area (Å²) in [6, 6.07) is 6.93. The van der Waals surface area contributed by atoms with Crippen molar-refractivity contribution in [2.45, 2.75) is 27.2 Å². The van der Waals surface area contributed by atoms with E-state index in [2.05, 4.69) is 39.0 Å². The average Bonchev–Trinajstić information content (AvgIpc) is 3.04. The van der Waals surface area contributed by atoms with Crippen LogP contribution in [0.2, 0.25) is 0 Å². The molecule has 124 valence electrons. The number of aromatic nitrogens is 1. The Hall–Kier alpha value is -2.20. The van der Waals surface area contributed by atoms with Gasteiger partial charge in [0, 0.05) is 10.9 Å². The van der Waals surface area contributed by atoms with Crippen molar-refractivity contribution in [1.29, 1.82) is 0 Å². The largest absolute Gasteiger partial charge is 0.478 e. The van der Waals surface area contributed by atoms with Crippen LogP contribution < -0.4 is 0 Å². The molecule has 0 amide bonds. The molecule has 3 rings (SSSR count). The van der Waals surface area contributed by atoms with Gasteiger partial charge >= 0.3 is 5.97 Å². The fraction of sp³-hybridized carbons (Fsp3) is 0.300. The van der Waals surface area contributed by atoms with E-state index < -0.39 is 5.97 Å². The third-order valence-electron chi connectivity index (χ3n) is 4.37. The van der Waals surface area contributed by atoms with Crippen LogP contribution in [0, 0.1) is 11.3 Å². The van der Waals surface area contributed by atoms with Crippen molar-refractivity contribution in [3.8, 4) is 10.6 Å². The number of carboxylic acids is 1. The van der Waals surface area contributed by atoms with Crippen molar-refractivity contribution in [1.82, 2.24) is 4.98 Å². The highest BCUT2D eigenvalue weighted by atomic mass is 32.1. The minimum absolute atomic E-state index is 0.267. The molecule has 1 unspecified atom stereocenters. The summed E-state index contributed by atoms with van der Waals surface area (Å²) in [5.41, 5.74) is 3.50. The molecule has 1 aliphatic carbocycles. The molecule has 0 radical (unpaired) electrons. The van der Waals surface area contributed by atoms with Crippen LogP contribution in [0.1, 0.15) is 43.2 Å². The van der Waals surface area contributed by atoms with Crippen LogP contribution in [0.25, 0.3) is 16.1 Å². The number of allylic oxidation sites excluding steroid dienone is 4. The fourth-order valence-electron chi connectivity index (χ4n) is 2.78. The van der Waals surface area contributed by atoms with Gasteiger partial charge < -0.3 is 5.11 Å². The molecule has 24 heavy (non-hydrogen) atoms. The predicted molar refractivity (Wildman–Crippen MR) is 99.2 cm³/mol. The Morgan fingerprint density at radius 3 is 2.75 bits per heavy atom. The first-order valence-corrected chi connectivity index (χ1v) is 8.90. The predicted octanol–water partition coefficient (Wildman–Crippen LogP) is 5.51. The van der Waals surface area contributed by atoms with Gasteiger partial charge in [-0.3, -0.25) is 0 Å². The zero-order valence-electron chi connectivity index (χ0n) is 14.1. The summed E-state index contributed by atoms with van der Waals surface area (Å²) in [7, 11) is 0. The molecule has 1 aliphatic rings. The first-order chi connectivity index (χ1) is 11.3. The molecule has 1 heterocycles. The van der Waals surface area contributed by atoms with E-state index in [4.69, 9.17) is 10.1 Å². The maximum absolute atomic E-state index is 11.1. The summed E-state index contributed by atoms with van der Waals surface area (Å²) in [6.07, 6.45) is 7.71. The highest BCUT2D eigenvalue weighted by Gasteiger charge is 2.23. The van der Waals surface area contributed by atoms with Gasteiger partial charge in [-0.1, -0.05) is 51.1 Å². The van der Waals surface area contributed by atoms with E-state index in [-0.39, 0.29) is 11.0 Å². The van der Waals surface area contributed by atoms with Gasteiger partial charge in [0.05, 0.1) is 11.3 Å². The van der Waals surface area contributed by atoms with Crippen LogP contribution in [-0.2, 0) is 0 Å². The second kappa shape index (κ2) is 6.36. The lowest BCUT2D eigenvalue weighted by molar-refractivity contribution is 0.0697. The molecule has 3 nitrogen and oxygen atoms in total. The van der Waals surface area contributed by atoms with Gasteiger partial charge in [-0.25, -0.2) is 9.78 Å². The summed E-state index contributed by atoms with van der Waals surface area (Å²) in [5, 5.41) is 12.0. The van der Waals surface area contributed by atoms with Crippen molar-refractivity contribution >= 4 is 22.9 Å². The Labute approximate surface area is 146 Å². The minimum atomic E-state index is -0.917. The molecule has 1 aromatic heterocycles. The monoisotopic (exact) mass is 339 g/mol. The summed E-state index contributed by atoms with van der Waals surface area (Å²) in [4.78, 5) is 15.8. The zero-order chi connectivity index (χ0) is 17.3. The zero-order valence-corrected chi connectivity index (χ0v) is 14.9. The molecule has 0 saturated heterocycles. The minimum Gasteiger partial charge on any atom is -0.478 e. The highest BCUT2D eigenvalue weighted by molar-refractivity contribution is 7.13. The number of carbonyl (C=O) groups is 1. The first kappa shape index (κ1) is 16.7. The summed E-state index contributed by atoms with van der Waals surface area (Å²) in [6.45, 7) is 6.78. The van der Waals surface area contributed by atoms with Crippen molar-refractivity contribution in [3.05, 3.63) is 59.1 Å². The Morgan fingerprint density at radius 1 is 1.33 bits per heavy atom. The molecular formula is C20H21NO2S. The van der Waals surface area contributed by atoms with Crippen LogP contribution in [0.3, 0.4) is 0 Å². The lowest BCUT2D eigenvalue weighted by atomic mass is 9.76. The molecule has 1 aromatic carbocycles. The van der Waals surface area contributed by atoms with Crippen molar-refractivity contribution in [2.75, 3.05) is 0 Å². The Bertz CT molecular complexity index is 824. The number of benzene rings is 1. The third-order valence-corrected chi connectivity index (χ3v) is 5.26. The summed E-state index contributed by atoms with van der Waals surface area (Å²) < 4.78 is 0. The topological polar surface area (TPSA) is 50.2 Å². The number of nitrogens with zero attached hydrogens (tertiary/aromatic N) is 1. The lowest BCUT2D eigenvalue weighted by Crippen LogP contribution is -2.19. The van der Waals surface area contributed by atoms with E-state index in [9.17, 15) is 4.79 Å². The second-order valence-corrected chi connectivity index (χ2v) is 8.01. The van der Waals surface area contributed by atoms with Gasteiger partial charge in [0.25, 0.3) is 0 Å². The first-order valence-electron chi connectivity index (χ1n) is 8.02. The van der Waals surface area contributed by atoms with Crippen LogP contribution in [0.15, 0.2) is 47.9 Å². The molecule has 0 aliphatic heterocycles. The van der Waals surface area contributed by atoms with Crippen molar-refractivity contribution in [3.63, 3.8) is 0 Å². The second-order valence-electron chi connectivity index (χ2n) is 7.15. The number of thiazole rings is 1. The standard InChI is InChI=1S/C20H21NO2S/c1-20(2,3)16-9-7-13(8-10-16)17-12-24-18(21-17)14-5-4-6-15(11-14)19(22)23/h4-9,11-12,16H,10H2,1-3H3,(H,22,23). The Kier molecular flexibility index (Phi) is 4.41. The molecule has 4 heteroatoms. The molecule has 0 fully saturated rings. The number of carboxylic acid groups (broad SMARTS) is 1. The van der Waals surface area contributed by atoms with E-state index in [0.29, 0.717) is 5.92 Å². The van der Waals surface area contributed by atoms with Crippen LogP contribution >= 0.6 is 11.3 Å². The molecule has 0 saturated carbocycles. The summed E-state index contributed by atoms with van der Waals surface area (Å²) >= 11 is 1.54. The van der Waals surface area contributed by atoms with Crippen molar-refractivity contribution < 1.29 is 9.90 Å². The normalized spacial score (nSPS) is 17.6. The third kappa shape index (κ3) is 3.49. The fourth-order valence-corrected chi connectivity index (χ4v) is 3.60.